The number of esters is 1. The van der Waals surface area contributed by atoms with Crippen LogP contribution in [0.3, 0.4) is 0 Å². The average molecular weight is 903 g/mol. The molecule has 0 aromatic heterocycles. The molecular weight excluding hydrogens is 791 g/mol. The molecule has 2 atom stereocenters. The van der Waals surface area contributed by atoms with Crippen LogP contribution in [0.2, 0.25) is 0 Å². The molecule has 0 aliphatic carbocycles. The third-order valence-electron chi connectivity index (χ3n) is 13.2. The van der Waals surface area contributed by atoms with Gasteiger partial charge in [-0.25, -0.2) is 0 Å². The van der Waals surface area contributed by atoms with E-state index in [1.807, 2.05) is 0 Å². The van der Waals surface area contributed by atoms with E-state index in [0.717, 1.165) is 44.9 Å². The maximum Gasteiger partial charge on any atom is 0.305 e. The molecule has 64 heavy (non-hydrogen) atoms. The minimum absolute atomic E-state index is 0.00131. The molecule has 0 aromatic carbocycles. The fourth-order valence-corrected chi connectivity index (χ4v) is 8.79. The summed E-state index contributed by atoms with van der Waals surface area (Å²) in [6.07, 6.45) is 64.6. The highest BCUT2D eigenvalue weighted by atomic mass is 16.5. The van der Waals surface area contributed by atoms with Gasteiger partial charge in [0.25, 0.3) is 0 Å². The predicted octanol–water partition coefficient (Wildman–Crippen LogP) is 17.5. The number of nitrogens with one attached hydrogen (secondary N) is 1. The number of amides is 1. The number of ether oxygens (including phenoxy) is 1. The number of allylic oxidation sites excluding steroid dienone is 4. The van der Waals surface area contributed by atoms with Crippen molar-refractivity contribution in [3.05, 3.63) is 24.3 Å². The number of unbranched alkanes of at least 4 members (excludes halogenated alkanes) is 38. The van der Waals surface area contributed by atoms with Crippen LogP contribution in [-0.2, 0) is 14.3 Å². The maximum atomic E-state index is 12.4. The fraction of sp³-hybridized carbons (Fsp3) is 0.897. The van der Waals surface area contributed by atoms with Crippen LogP contribution in [0.15, 0.2) is 24.3 Å². The molecule has 0 radical (unpaired) electrons. The van der Waals surface area contributed by atoms with Crippen molar-refractivity contribution in [3.63, 3.8) is 0 Å². The van der Waals surface area contributed by atoms with Gasteiger partial charge in [0, 0.05) is 12.8 Å². The highest BCUT2D eigenvalue weighted by Crippen LogP contribution is 2.17. The van der Waals surface area contributed by atoms with Gasteiger partial charge in [0.05, 0.1) is 25.4 Å². The summed E-state index contributed by atoms with van der Waals surface area (Å²) >= 11 is 0. The Hall–Kier alpha value is -1.66. The second-order valence-electron chi connectivity index (χ2n) is 19.6. The molecule has 378 valence electrons. The van der Waals surface area contributed by atoms with Crippen molar-refractivity contribution in [1.29, 1.82) is 0 Å². The zero-order chi connectivity index (χ0) is 46.5. The molecule has 0 heterocycles. The molecule has 6 nitrogen and oxygen atoms in total. The molecular formula is C58H111NO5. The van der Waals surface area contributed by atoms with Gasteiger partial charge < -0.3 is 20.3 Å². The first-order chi connectivity index (χ1) is 31.5. The fourth-order valence-electron chi connectivity index (χ4n) is 8.79. The van der Waals surface area contributed by atoms with E-state index in [-0.39, 0.29) is 18.5 Å². The van der Waals surface area contributed by atoms with Crippen LogP contribution in [0.25, 0.3) is 0 Å². The lowest BCUT2D eigenvalue weighted by Crippen LogP contribution is -2.45. The Morgan fingerprint density at radius 1 is 0.422 bits per heavy atom. The third kappa shape index (κ3) is 49.8. The van der Waals surface area contributed by atoms with E-state index >= 15 is 0 Å². The number of aliphatic hydroxyl groups excluding tert-OH is 2. The first-order valence-electron chi connectivity index (χ1n) is 28.6. The molecule has 0 saturated heterocycles. The first-order valence-corrected chi connectivity index (χ1v) is 28.6. The number of hydrogen-bond donors (Lipinski definition) is 3. The molecule has 0 saturated carbocycles. The molecule has 0 rings (SSSR count). The molecule has 0 aliphatic heterocycles. The lowest BCUT2D eigenvalue weighted by atomic mass is 10.0. The molecule has 1 amide bonds. The van der Waals surface area contributed by atoms with Crippen LogP contribution in [0.4, 0.5) is 0 Å². The van der Waals surface area contributed by atoms with Crippen molar-refractivity contribution in [3.8, 4) is 0 Å². The van der Waals surface area contributed by atoms with E-state index in [2.05, 4.69) is 43.5 Å². The molecule has 0 aliphatic rings. The van der Waals surface area contributed by atoms with Crippen molar-refractivity contribution >= 4 is 11.9 Å². The number of hydrogen-bond acceptors (Lipinski definition) is 5. The summed E-state index contributed by atoms with van der Waals surface area (Å²) in [6.45, 7) is 4.91. The summed E-state index contributed by atoms with van der Waals surface area (Å²) in [5.41, 5.74) is 0. The average Bonchev–Trinajstić information content (AvgIpc) is 3.29. The number of carbonyl (C=O) groups is 2. The Bertz CT molecular complexity index is 997. The minimum atomic E-state index is -0.665. The summed E-state index contributed by atoms with van der Waals surface area (Å²) in [5.74, 6) is -0.0383. The van der Waals surface area contributed by atoms with Crippen LogP contribution in [0, 0.1) is 0 Å². The maximum absolute atomic E-state index is 12.4. The summed E-state index contributed by atoms with van der Waals surface area (Å²) in [6, 6.07) is -0.543. The lowest BCUT2D eigenvalue weighted by Gasteiger charge is -2.22. The van der Waals surface area contributed by atoms with E-state index in [4.69, 9.17) is 4.74 Å². The van der Waals surface area contributed by atoms with Gasteiger partial charge in [-0.05, 0) is 70.6 Å². The van der Waals surface area contributed by atoms with Crippen LogP contribution in [-0.4, -0.2) is 47.4 Å². The van der Waals surface area contributed by atoms with Crippen LogP contribution in [0.1, 0.15) is 309 Å². The standard InChI is InChI=1S/C58H111NO5/c1-3-5-7-9-11-13-15-31-34-38-42-46-50-56(61)55(54-60)59-57(62)51-47-43-39-35-32-28-26-24-22-20-18-16-17-19-21-23-25-27-29-33-37-41-45-49-53-64-58(63)52-48-44-40-36-30-14-12-10-8-6-4-2/h10,12,18,20,55-56,60-61H,3-9,11,13-17,19,21-54H2,1-2H3,(H,59,62)/b12-10-,20-18-. The number of rotatable bonds is 53. The highest BCUT2D eigenvalue weighted by Gasteiger charge is 2.20. The monoisotopic (exact) mass is 902 g/mol. The molecule has 0 bridgehead atoms. The SMILES string of the molecule is CCCC/C=C\CCCCCCCC(=O)OCCCCCCCCCCCCCC/C=C\CCCCCCCCCCC(=O)NC(CO)C(O)CCCCCCCCCCCCCC. The van der Waals surface area contributed by atoms with E-state index in [1.54, 1.807) is 0 Å². The van der Waals surface area contributed by atoms with Gasteiger partial charge in [0.1, 0.15) is 0 Å². The van der Waals surface area contributed by atoms with Gasteiger partial charge in [-0.3, -0.25) is 9.59 Å². The smallest absolute Gasteiger partial charge is 0.305 e. The molecule has 0 fully saturated rings. The number of aliphatic hydroxyl groups is 2. The highest BCUT2D eigenvalue weighted by molar-refractivity contribution is 5.76. The molecule has 2 unspecified atom stereocenters. The van der Waals surface area contributed by atoms with Gasteiger partial charge >= 0.3 is 5.97 Å². The first kappa shape index (κ1) is 62.3. The quantitative estimate of drug-likeness (QED) is 0.0321. The predicted molar refractivity (Wildman–Crippen MR) is 278 cm³/mol. The summed E-state index contributed by atoms with van der Waals surface area (Å²) < 4.78 is 5.45. The molecule has 6 heteroatoms. The summed E-state index contributed by atoms with van der Waals surface area (Å²) in [5, 5.41) is 23.2. The van der Waals surface area contributed by atoms with E-state index < -0.39 is 12.1 Å². The second kappa shape index (κ2) is 54.0. The van der Waals surface area contributed by atoms with Gasteiger partial charge in [0.15, 0.2) is 0 Å². The van der Waals surface area contributed by atoms with Crippen molar-refractivity contribution < 1.29 is 24.5 Å². The van der Waals surface area contributed by atoms with Crippen LogP contribution >= 0.6 is 0 Å². The van der Waals surface area contributed by atoms with Crippen molar-refractivity contribution in [2.24, 2.45) is 0 Å². The Balaban J connectivity index is 3.40. The van der Waals surface area contributed by atoms with Gasteiger partial charge in [0.2, 0.25) is 5.91 Å². The third-order valence-corrected chi connectivity index (χ3v) is 13.2. The molecule has 0 spiro atoms. The zero-order valence-electron chi connectivity index (χ0n) is 43.0. The second-order valence-corrected chi connectivity index (χ2v) is 19.6. The normalized spacial score (nSPS) is 12.8. The van der Waals surface area contributed by atoms with Crippen LogP contribution in [0.5, 0.6) is 0 Å². The molecule has 3 N–H and O–H groups in total. The topological polar surface area (TPSA) is 95.9 Å². The zero-order valence-corrected chi connectivity index (χ0v) is 43.0. The van der Waals surface area contributed by atoms with E-state index in [0.29, 0.717) is 25.9 Å². The summed E-state index contributed by atoms with van der Waals surface area (Å²) in [7, 11) is 0. The van der Waals surface area contributed by atoms with Crippen molar-refractivity contribution in [2.75, 3.05) is 13.2 Å². The van der Waals surface area contributed by atoms with Gasteiger partial charge in [-0.1, -0.05) is 250 Å². The Morgan fingerprint density at radius 3 is 1.16 bits per heavy atom. The Kier molecular flexibility index (Phi) is 52.6. The summed E-state index contributed by atoms with van der Waals surface area (Å²) in [4.78, 5) is 24.4. The van der Waals surface area contributed by atoms with Gasteiger partial charge in [-0.2, -0.15) is 0 Å². The largest absolute Gasteiger partial charge is 0.466 e. The Morgan fingerprint density at radius 2 is 0.750 bits per heavy atom. The van der Waals surface area contributed by atoms with Crippen molar-refractivity contribution in [2.45, 2.75) is 321 Å². The van der Waals surface area contributed by atoms with E-state index in [1.165, 1.54) is 231 Å². The van der Waals surface area contributed by atoms with Crippen molar-refractivity contribution in [1.82, 2.24) is 5.32 Å². The molecule has 0 aromatic rings. The lowest BCUT2D eigenvalue weighted by molar-refractivity contribution is -0.143. The number of carbonyl (C=O) groups excluding carboxylic acids is 2. The van der Waals surface area contributed by atoms with Gasteiger partial charge in [-0.15, -0.1) is 0 Å². The Labute approximate surface area is 399 Å². The van der Waals surface area contributed by atoms with E-state index in [9.17, 15) is 19.8 Å². The van der Waals surface area contributed by atoms with Crippen LogP contribution < -0.4 is 5.32 Å². The minimum Gasteiger partial charge on any atom is -0.466 e.